The number of nitrogen functional groups attached to an aromatic ring is 1. The summed E-state index contributed by atoms with van der Waals surface area (Å²) in [4.78, 5) is 4.80. The number of aryl methyl sites for hydroxylation is 2. The molecule has 0 saturated heterocycles. The van der Waals surface area contributed by atoms with Gasteiger partial charge in [0.25, 0.3) is 0 Å². The number of nitrogens with zero attached hydrogens (tertiary/aromatic N) is 1. The zero-order chi connectivity index (χ0) is 13.1. The van der Waals surface area contributed by atoms with E-state index < -0.39 is 10.8 Å². The zero-order valence-corrected chi connectivity index (χ0v) is 11.3. The third-order valence-electron chi connectivity index (χ3n) is 2.64. The summed E-state index contributed by atoms with van der Waals surface area (Å²) in [5.74, 6) is 0.446. The van der Waals surface area contributed by atoms with Crippen LogP contribution in [-0.4, -0.2) is 9.19 Å². The van der Waals surface area contributed by atoms with Gasteiger partial charge in [-0.15, -0.1) is 0 Å². The Balaban J connectivity index is 2.22. The van der Waals surface area contributed by atoms with Crippen LogP contribution in [-0.2, 0) is 16.6 Å². The first-order valence-electron chi connectivity index (χ1n) is 5.71. The number of hydrogen-bond donors (Lipinski definition) is 1. The van der Waals surface area contributed by atoms with Gasteiger partial charge in [-0.1, -0.05) is 12.1 Å². The molecule has 1 heterocycles. The highest BCUT2D eigenvalue weighted by atomic mass is 32.2. The number of hydrogen-bond acceptors (Lipinski definition) is 3. The molecule has 4 heteroatoms. The van der Waals surface area contributed by atoms with E-state index in [0.717, 1.165) is 16.7 Å². The molecule has 0 aliphatic rings. The minimum absolute atomic E-state index is 0.446. The number of benzene rings is 1. The van der Waals surface area contributed by atoms with Crippen LogP contribution in [0.2, 0.25) is 0 Å². The van der Waals surface area contributed by atoms with Crippen molar-refractivity contribution < 1.29 is 4.21 Å². The standard InChI is InChI=1S/C14H16N2OS/c1-10-3-4-14(13(15)6-10)18(17)9-12-5-11(2)7-16-8-12/h3-8H,9,15H2,1-2H3. The van der Waals surface area contributed by atoms with Crippen molar-refractivity contribution >= 4 is 16.5 Å². The Morgan fingerprint density at radius 2 is 1.94 bits per heavy atom. The Morgan fingerprint density at radius 1 is 1.17 bits per heavy atom. The molecule has 0 saturated carbocycles. The van der Waals surface area contributed by atoms with Crippen LogP contribution >= 0.6 is 0 Å². The third kappa shape index (κ3) is 2.96. The second kappa shape index (κ2) is 5.31. The molecule has 2 rings (SSSR count). The van der Waals surface area contributed by atoms with E-state index in [2.05, 4.69) is 4.98 Å². The monoisotopic (exact) mass is 260 g/mol. The molecule has 0 aliphatic heterocycles. The van der Waals surface area contributed by atoms with Crippen molar-refractivity contribution in [3.63, 3.8) is 0 Å². The molecule has 2 aromatic rings. The van der Waals surface area contributed by atoms with Gasteiger partial charge < -0.3 is 5.73 Å². The lowest BCUT2D eigenvalue weighted by Gasteiger charge is -2.07. The summed E-state index contributed by atoms with van der Waals surface area (Å²) < 4.78 is 12.3. The number of nitrogens with two attached hydrogens (primary N) is 1. The molecule has 2 N–H and O–H groups in total. The number of aromatic nitrogens is 1. The predicted molar refractivity (Wildman–Crippen MR) is 74.7 cm³/mol. The first-order chi connectivity index (χ1) is 8.56. The number of anilines is 1. The lowest BCUT2D eigenvalue weighted by Crippen LogP contribution is -2.01. The summed E-state index contributed by atoms with van der Waals surface area (Å²) in [5.41, 5.74) is 9.60. The molecule has 0 aliphatic carbocycles. The van der Waals surface area contributed by atoms with E-state index in [4.69, 9.17) is 5.73 Å². The Morgan fingerprint density at radius 3 is 2.61 bits per heavy atom. The maximum atomic E-state index is 12.3. The average molecular weight is 260 g/mol. The van der Waals surface area contributed by atoms with Crippen molar-refractivity contribution in [3.8, 4) is 0 Å². The quantitative estimate of drug-likeness (QED) is 0.863. The molecule has 0 amide bonds. The molecule has 1 atom stereocenters. The van der Waals surface area contributed by atoms with E-state index in [0.29, 0.717) is 16.3 Å². The second-order valence-electron chi connectivity index (χ2n) is 4.40. The minimum atomic E-state index is -1.13. The molecule has 1 aromatic carbocycles. The van der Waals surface area contributed by atoms with Crippen LogP contribution in [0.25, 0.3) is 0 Å². The maximum Gasteiger partial charge on any atom is 0.0621 e. The lowest BCUT2D eigenvalue weighted by atomic mass is 10.2. The molecular formula is C14H16N2OS. The summed E-state index contributed by atoms with van der Waals surface area (Å²) in [6.45, 7) is 3.94. The van der Waals surface area contributed by atoms with Crippen LogP contribution in [0.15, 0.2) is 41.6 Å². The number of pyridine rings is 1. The van der Waals surface area contributed by atoms with Gasteiger partial charge in [-0.05, 0) is 42.7 Å². The van der Waals surface area contributed by atoms with Gasteiger partial charge >= 0.3 is 0 Å². The second-order valence-corrected chi connectivity index (χ2v) is 5.82. The van der Waals surface area contributed by atoms with Gasteiger partial charge in [0.05, 0.1) is 21.4 Å². The Kier molecular flexibility index (Phi) is 3.77. The fourth-order valence-corrected chi connectivity index (χ4v) is 2.96. The van der Waals surface area contributed by atoms with Crippen LogP contribution in [0.1, 0.15) is 16.7 Å². The van der Waals surface area contributed by atoms with Crippen molar-refractivity contribution in [2.45, 2.75) is 24.5 Å². The SMILES string of the molecule is Cc1cncc(CS(=O)c2ccc(C)cc2N)c1. The molecule has 0 bridgehead atoms. The first-order valence-corrected chi connectivity index (χ1v) is 7.03. The van der Waals surface area contributed by atoms with Crippen LogP contribution < -0.4 is 5.73 Å². The summed E-state index contributed by atoms with van der Waals surface area (Å²) in [5, 5.41) is 0. The van der Waals surface area contributed by atoms with Crippen LogP contribution in [0.5, 0.6) is 0 Å². The normalized spacial score (nSPS) is 12.3. The Labute approximate surface area is 110 Å². The van der Waals surface area contributed by atoms with Gasteiger partial charge in [-0.2, -0.15) is 0 Å². The zero-order valence-electron chi connectivity index (χ0n) is 10.5. The summed E-state index contributed by atoms with van der Waals surface area (Å²) in [6.07, 6.45) is 3.53. The van der Waals surface area contributed by atoms with E-state index in [1.807, 2.05) is 38.1 Å². The van der Waals surface area contributed by atoms with E-state index >= 15 is 0 Å². The molecule has 94 valence electrons. The van der Waals surface area contributed by atoms with Gasteiger partial charge in [0.1, 0.15) is 0 Å². The van der Waals surface area contributed by atoms with Gasteiger partial charge in [0.15, 0.2) is 0 Å². The molecule has 0 spiro atoms. The van der Waals surface area contributed by atoms with Gasteiger partial charge in [0, 0.05) is 18.1 Å². The highest BCUT2D eigenvalue weighted by molar-refractivity contribution is 7.84. The Hall–Kier alpha value is -1.68. The smallest absolute Gasteiger partial charge is 0.0621 e. The molecule has 1 unspecified atom stereocenters. The maximum absolute atomic E-state index is 12.3. The van der Waals surface area contributed by atoms with Crippen LogP contribution in [0.4, 0.5) is 5.69 Å². The van der Waals surface area contributed by atoms with Crippen molar-refractivity contribution in [1.82, 2.24) is 4.98 Å². The topological polar surface area (TPSA) is 56.0 Å². The van der Waals surface area contributed by atoms with E-state index in [-0.39, 0.29) is 0 Å². The fourth-order valence-electron chi connectivity index (χ4n) is 1.80. The van der Waals surface area contributed by atoms with Gasteiger partial charge in [-0.3, -0.25) is 9.19 Å². The molecule has 18 heavy (non-hydrogen) atoms. The van der Waals surface area contributed by atoms with Crippen molar-refractivity contribution in [1.29, 1.82) is 0 Å². The molecule has 1 aromatic heterocycles. The molecule has 3 nitrogen and oxygen atoms in total. The van der Waals surface area contributed by atoms with Gasteiger partial charge in [-0.25, -0.2) is 0 Å². The minimum Gasteiger partial charge on any atom is -0.398 e. The Bertz CT molecular complexity index is 596. The summed E-state index contributed by atoms with van der Waals surface area (Å²) in [7, 11) is -1.13. The lowest BCUT2D eigenvalue weighted by molar-refractivity contribution is 0.683. The van der Waals surface area contributed by atoms with Crippen LogP contribution in [0.3, 0.4) is 0 Å². The van der Waals surface area contributed by atoms with Crippen molar-refractivity contribution in [3.05, 3.63) is 53.3 Å². The van der Waals surface area contributed by atoms with Crippen molar-refractivity contribution in [2.24, 2.45) is 0 Å². The number of rotatable bonds is 3. The summed E-state index contributed by atoms with van der Waals surface area (Å²) in [6, 6.07) is 7.61. The third-order valence-corrected chi connectivity index (χ3v) is 4.10. The largest absolute Gasteiger partial charge is 0.398 e. The first kappa shape index (κ1) is 12.8. The highest BCUT2D eigenvalue weighted by Gasteiger charge is 2.09. The van der Waals surface area contributed by atoms with E-state index in [9.17, 15) is 4.21 Å². The average Bonchev–Trinajstić information content (AvgIpc) is 2.28. The fraction of sp³-hybridized carbons (Fsp3) is 0.214. The summed E-state index contributed by atoms with van der Waals surface area (Å²) >= 11 is 0. The van der Waals surface area contributed by atoms with Crippen LogP contribution in [0, 0.1) is 13.8 Å². The van der Waals surface area contributed by atoms with Gasteiger partial charge in [0.2, 0.25) is 0 Å². The van der Waals surface area contributed by atoms with E-state index in [1.165, 1.54) is 0 Å². The highest BCUT2D eigenvalue weighted by Crippen LogP contribution is 2.20. The molecule has 0 radical (unpaired) electrons. The predicted octanol–water partition coefficient (Wildman–Crippen LogP) is 2.59. The molecular weight excluding hydrogens is 244 g/mol. The van der Waals surface area contributed by atoms with Crippen molar-refractivity contribution in [2.75, 3.05) is 5.73 Å². The molecule has 0 fully saturated rings. The van der Waals surface area contributed by atoms with E-state index in [1.54, 1.807) is 12.4 Å².